The van der Waals surface area contributed by atoms with E-state index in [0.29, 0.717) is 17.3 Å². The van der Waals surface area contributed by atoms with Crippen molar-refractivity contribution in [1.29, 1.82) is 0 Å². The zero-order chi connectivity index (χ0) is 15.0. The monoisotopic (exact) mass is 295 g/mol. The first-order valence-corrected chi connectivity index (χ1v) is 7.02. The Hall–Kier alpha value is -2.89. The highest BCUT2D eigenvalue weighted by Gasteiger charge is 2.54. The van der Waals surface area contributed by atoms with Gasteiger partial charge in [0.15, 0.2) is 11.6 Å². The number of benzene rings is 1. The van der Waals surface area contributed by atoms with Gasteiger partial charge in [-0.3, -0.25) is 4.79 Å². The summed E-state index contributed by atoms with van der Waals surface area (Å²) in [5.74, 6) is 0.938. The van der Waals surface area contributed by atoms with Gasteiger partial charge in [0.05, 0.1) is 11.1 Å². The Morgan fingerprint density at radius 2 is 1.95 bits per heavy atom. The molecule has 1 amide bonds. The van der Waals surface area contributed by atoms with Crippen LogP contribution in [-0.4, -0.2) is 16.2 Å². The van der Waals surface area contributed by atoms with E-state index in [2.05, 4.69) is 15.6 Å². The van der Waals surface area contributed by atoms with Crippen molar-refractivity contribution in [1.82, 2.24) is 10.3 Å². The van der Waals surface area contributed by atoms with E-state index in [1.807, 2.05) is 36.4 Å². The van der Waals surface area contributed by atoms with Crippen molar-refractivity contribution >= 4 is 11.7 Å². The number of amides is 1. The lowest BCUT2D eigenvalue weighted by atomic mass is 10.0. The van der Waals surface area contributed by atoms with E-state index in [1.54, 1.807) is 6.07 Å². The van der Waals surface area contributed by atoms with Crippen molar-refractivity contribution in [3.8, 4) is 11.3 Å². The molecule has 1 aliphatic rings. The van der Waals surface area contributed by atoms with Crippen molar-refractivity contribution in [2.75, 3.05) is 5.32 Å². The predicted molar refractivity (Wildman–Crippen MR) is 78.0 cm³/mol. The van der Waals surface area contributed by atoms with Crippen molar-refractivity contribution in [2.24, 2.45) is 0 Å². The fraction of sp³-hybridized carbons (Fsp3) is 0.188. The van der Waals surface area contributed by atoms with Crippen LogP contribution >= 0.6 is 0 Å². The summed E-state index contributed by atoms with van der Waals surface area (Å²) in [7, 11) is 0. The normalized spacial score (nSPS) is 15.5. The SMILES string of the molecule is O=C(Nc1ccon1)C1(c2cc(-c3ccccc3)on2)CC1. The molecule has 3 aromatic rings. The Balaban J connectivity index is 1.59. The largest absolute Gasteiger partial charge is 0.363 e. The van der Waals surface area contributed by atoms with Crippen LogP contribution in [0.25, 0.3) is 11.3 Å². The van der Waals surface area contributed by atoms with Crippen LogP contribution in [0.1, 0.15) is 18.5 Å². The third kappa shape index (κ3) is 2.09. The second-order valence-electron chi connectivity index (χ2n) is 5.36. The van der Waals surface area contributed by atoms with Crippen LogP contribution in [0.3, 0.4) is 0 Å². The lowest BCUT2D eigenvalue weighted by molar-refractivity contribution is -0.118. The molecule has 2 heterocycles. The van der Waals surface area contributed by atoms with Crippen LogP contribution in [-0.2, 0) is 10.2 Å². The molecule has 1 aliphatic carbocycles. The summed E-state index contributed by atoms with van der Waals surface area (Å²) < 4.78 is 10.1. The molecule has 4 rings (SSSR count). The number of carbonyl (C=O) groups excluding carboxylic acids is 1. The molecule has 0 unspecified atom stereocenters. The molecule has 0 aliphatic heterocycles. The number of rotatable bonds is 4. The van der Waals surface area contributed by atoms with Crippen molar-refractivity contribution in [2.45, 2.75) is 18.3 Å². The van der Waals surface area contributed by atoms with Gasteiger partial charge in [-0.15, -0.1) is 0 Å². The van der Waals surface area contributed by atoms with Crippen molar-refractivity contribution in [3.63, 3.8) is 0 Å². The van der Waals surface area contributed by atoms with Gasteiger partial charge in [-0.1, -0.05) is 40.6 Å². The van der Waals surface area contributed by atoms with E-state index in [-0.39, 0.29) is 5.91 Å². The van der Waals surface area contributed by atoms with Crippen LogP contribution in [0.5, 0.6) is 0 Å². The van der Waals surface area contributed by atoms with E-state index >= 15 is 0 Å². The Kier molecular flexibility index (Phi) is 2.82. The number of carbonyl (C=O) groups is 1. The van der Waals surface area contributed by atoms with Gasteiger partial charge < -0.3 is 14.4 Å². The number of anilines is 1. The summed E-state index contributed by atoms with van der Waals surface area (Å²) in [5.41, 5.74) is 0.983. The van der Waals surface area contributed by atoms with Gasteiger partial charge in [0.2, 0.25) is 5.91 Å². The maximum absolute atomic E-state index is 12.5. The molecular formula is C16H13N3O3. The zero-order valence-corrected chi connectivity index (χ0v) is 11.7. The van der Waals surface area contributed by atoms with E-state index < -0.39 is 5.41 Å². The van der Waals surface area contributed by atoms with Gasteiger partial charge in [0.1, 0.15) is 6.26 Å². The maximum Gasteiger partial charge on any atom is 0.238 e. The molecule has 1 aromatic carbocycles. The maximum atomic E-state index is 12.5. The minimum absolute atomic E-state index is 0.130. The summed E-state index contributed by atoms with van der Waals surface area (Å²) in [6.07, 6.45) is 2.91. The van der Waals surface area contributed by atoms with Crippen molar-refractivity contribution in [3.05, 3.63) is 54.4 Å². The Bertz CT molecular complexity index is 789. The summed E-state index contributed by atoms with van der Waals surface area (Å²) in [6.45, 7) is 0. The summed E-state index contributed by atoms with van der Waals surface area (Å²) in [4.78, 5) is 12.5. The van der Waals surface area contributed by atoms with Gasteiger partial charge in [0.25, 0.3) is 0 Å². The highest BCUT2D eigenvalue weighted by atomic mass is 16.5. The van der Waals surface area contributed by atoms with E-state index in [1.165, 1.54) is 6.26 Å². The fourth-order valence-electron chi connectivity index (χ4n) is 2.48. The molecule has 6 nitrogen and oxygen atoms in total. The van der Waals surface area contributed by atoms with E-state index in [9.17, 15) is 4.79 Å². The first-order valence-electron chi connectivity index (χ1n) is 7.02. The lowest BCUT2D eigenvalue weighted by Crippen LogP contribution is -2.28. The number of nitrogens with one attached hydrogen (secondary N) is 1. The van der Waals surface area contributed by atoms with E-state index in [4.69, 9.17) is 9.05 Å². The molecule has 22 heavy (non-hydrogen) atoms. The average Bonchev–Trinajstić information content (AvgIpc) is 2.98. The summed E-state index contributed by atoms with van der Waals surface area (Å²) in [5, 5.41) is 10.5. The molecule has 1 fully saturated rings. The van der Waals surface area contributed by atoms with Crippen LogP contribution in [0.15, 0.2) is 57.8 Å². The molecule has 6 heteroatoms. The first-order chi connectivity index (χ1) is 10.8. The van der Waals surface area contributed by atoms with Gasteiger partial charge in [-0.2, -0.15) is 0 Å². The van der Waals surface area contributed by atoms with E-state index in [0.717, 1.165) is 18.4 Å². The van der Waals surface area contributed by atoms with Crippen molar-refractivity contribution < 1.29 is 13.8 Å². The van der Waals surface area contributed by atoms with Crippen LogP contribution in [0.4, 0.5) is 5.82 Å². The third-order valence-electron chi connectivity index (χ3n) is 3.92. The molecule has 0 bridgehead atoms. The topological polar surface area (TPSA) is 81.2 Å². The summed E-state index contributed by atoms with van der Waals surface area (Å²) in [6, 6.07) is 13.1. The first kappa shape index (κ1) is 12.8. The smallest absolute Gasteiger partial charge is 0.238 e. The molecule has 1 saturated carbocycles. The van der Waals surface area contributed by atoms with Crippen LogP contribution in [0.2, 0.25) is 0 Å². The molecular weight excluding hydrogens is 282 g/mol. The van der Waals surface area contributed by atoms with Gasteiger partial charge >= 0.3 is 0 Å². The molecule has 2 aromatic heterocycles. The Labute approximate surface area is 126 Å². The highest BCUT2D eigenvalue weighted by molar-refractivity contribution is 6.00. The second-order valence-corrected chi connectivity index (χ2v) is 5.36. The molecule has 0 saturated heterocycles. The Morgan fingerprint density at radius 3 is 2.64 bits per heavy atom. The molecule has 0 atom stereocenters. The number of nitrogens with zero attached hydrogens (tertiary/aromatic N) is 2. The minimum atomic E-state index is -0.616. The zero-order valence-electron chi connectivity index (χ0n) is 11.7. The lowest BCUT2D eigenvalue weighted by Gasteiger charge is -2.09. The van der Waals surface area contributed by atoms with Crippen LogP contribution < -0.4 is 5.32 Å². The Morgan fingerprint density at radius 1 is 1.14 bits per heavy atom. The molecule has 1 N–H and O–H groups in total. The number of hydrogen-bond acceptors (Lipinski definition) is 5. The summed E-state index contributed by atoms with van der Waals surface area (Å²) >= 11 is 0. The minimum Gasteiger partial charge on any atom is -0.363 e. The standard InChI is InChI=1S/C16H13N3O3/c20-15(17-14-6-9-21-19-14)16(7-8-16)13-10-12(22-18-13)11-4-2-1-3-5-11/h1-6,9-10H,7-8H2,(H,17,19,20). The number of hydrogen-bond donors (Lipinski definition) is 1. The highest BCUT2D eigenvalue weighted by Crippen LogP contribution is 2.49. The second kappa shape index (κ2) is 4.84. The van der Waals surface area contributed by atoms with Gasteiger partial charge in [-0.25, -0.2) is 0 Å². The average molecular weight is 295 g/mol. The van der Waals surface area contributed by atoms with Gasteiger partial charge in [0, 0.05) is 17.7 Å². The van der Waals surface area contributed by atoms with Gasteiger partial charge in [-0.05, 0) is 12.8 Å². The number of aromatic nitrogens is 2. The molecule has 110 valence electrons. The fourth-order valence-corrected chi connectivity index (χ4v) is 2.48. The van der Waals surface area contributed by atoms with Crippen LogP contribution in [0, 0.1) is 0 Å². The molecule has 0 spiro atoms. The predicted octanol–water partition coefficient (Wildman–Crippen LogP) is 3.00. The molecule has 0 radical (unpaired) electrons. The quantitative estimate of drug-likeness (QED) is 0.800. The third-order valence-corrected chi connectivity index (χ3v) is 3.92.